The van der Waals surface area contributed by atoms with Crippen LogP contribution in [0.4, 0.5) is 0 Å². The molecule has 0 aliphatic rings. The number of allylic oxidation sites excluding steroid dienone is 18. The number of unbranched alkanes of at least 4 members (excludes halogenated alkanes) is 23. The molecule has 0 bridgehead atoms. The van der Waals surface area contributed by atoms with Crippen LogP contribution in [0, 0.1) is 0 Å². The zero-order chi connectivity index (χ0) is 51.4. The van der Waals surface area contributed by atoms with Crippen LogP contribution in [0.1, 0.15) is 265 Å². The molecule has 0 aromatic heterocycles. The van der Waals surface area contributed by atoms with E-state index in [9.17, 15) is 14.4 Å². The van der Waals surface area contributed by atoms with E-state index >= 15 is 0 Å². The molecule has 0 spiro atoms. The average Bonchev–Trinajstić information content (AvgIpc) is 3.37. The molecular weight excluding hydrogens is 877 g/mol. The van der Waals surface area contributed by atoms with Crippen molar-refractivity contribution in [3.63, 3.8) is 0 Å². The van der Waals surface area contributed by atoms with Gasteiger partial charge in [-0.1, -0.05) is 252 Å². The van der Waals surface area contributed by atoms with Crippen LogP contribution < -0.4 is 0 Å². The van der Waals surface area contributed by atoms with Gasteiger partial charge in [0, 0.05) is 19.3 Å². The van der Waals surface area contributed by atoms with Crippen molar-refractivity contribution >= 4 is 17.9 Å². The molecule has 6 heteroatoms. The Balaban J connectivity index is 4.08. The average molecular weight is 986 g/mol. The predicted octanol–water partition coefficient (Wildman–Crippen LogP) is 19.9. The summed E-state index contributed by atoms with van der Waals surface area (Å²) >= 11 is 0. The third-order valence-electron chi connectivity index (χ3n) is 12.3. The number of rotatable bonds is 52. The molecule has 0 radical (unpaired) electrons. The van der Waals surface area contributed by atoms with Crippen LogP contribution in [-0.4, -0.2) is 37.2 Å². The molecule has 0 fully saturated rings. The van der Waals surface area contributed by atoms with Crippen LogP contribution in [-0.2, 0) is 28.6 Å². The van der Waals surface area contributed by atoms with Gasteiger partial charge in [-0.2, -0.15) is 0 Å². The fourth-order valence-electron chi connectivity index (χ4n) is 7.93. The molecule has 1 unspecified atom stereocenters. The Kier molecular flexibility index (Phi) is 55.4. The summed E-state index contributed by atoms with van der Waals surface area (Å²) in [6.07, 6.45) is 80.0. The first-order valence-electron chi connectivity index (χ1n) is 29.4. The Labute approximate surface area is 438 Å². The molecule has 6 nitrogen and oxygen atoms in total. The quantitative estimate of drug-likeness (QED) is 0.0261. The Hall–Kier alpha value is -3.93. The third kappa shape index (κ3) is 56.9. The Bertz CT molecular complexity index is 1460. The van der Waals surface area contributed by atoms with Gasteiger partial charge >= 0.3 is 17.9 Å². The molecule has 0 N–H and O–H groups in total. The number of hydrogen-bond acceptors (Lipinski definition) is 6. The van der Waals surface area contributed by atoms with Crippen molar-refractivity contribution in [2.75, 3.05) is 13.2 Å². The maximum absolute atomic E-state index is 12.8. The molecular formula is C65H108O6. The van der Waals surface area contributed by atoms with Gasteiger partial charge in [0.15, 0.2) is 6.10 Å². The largest absolute Gasteiger partial charge is 0.462 e. The Morgan fingerprint density at radius 1 is 0.296 bits per heavy atom. The third-order valence-corrected chi connectivity index (χ3v) is 12.3. The molecule has 0 heterocycles. The van der Waals surface area contributed by atoms with Gasteiger partial charge < -0.3 is 14.2 Å². The van der Waals surface area contributed by atoms with Gasteiger partial charge in [0.2, 0.25) is 0 Å². The summed E-state index contributed by atoms with van der Waals surface area (Å²) in [7, 11) is 0. The first-order chi connectivity index (χ1) is 35.0. The molecule has 0 aromatic carbocycles. The second-order valence-electron chi connectivity index (χ2n) is 19.1. The zero-order valence-electron chi connectivity index (χ0n) is 46.2. The number of ether oxygens (including phenoxy) is 3. The summed E-state index contributed by atoms with van der Waals surface area (Å²) < 4.78 is 16.7. The number of esters is 3. The van der Waals surface area contributed by atoms with E-state index in [0.29, 0.717) is 12.8 Å². The number of carbonyl (C=O) groups excluding carboxylic acids is 3. The van der Waals surface area contributed by atoms with Crippen LogP contribution in [0.5, 0.6) is 0 Å². The molecule has 0 amide bonds. The molecule has 0 saturated heterocycles. The van der Waals surface area contributed by atoms with Crippen molar-refractivity contribution in [1.29, 1.82) is 0 Å². The predicted molar refractivity (Wildman–Crippen MR) is 307 cm³/mol. The highest BCUT2D eigenvalue weighted by Crippen LogP contribution is 2.16. The fourth-order valence-corrected chi connectivity index (χ4v) is 7.93. The summed E-state index contributed by atoms with van der Waals surface area (Å²) in [5.74, 6) is -0.936. The van der Waals surface area contributed by atoms with E-state index in [0.717, 1.165) is 128 Å². The summed E-state index contributed by atoms with van der Waals surface area (Å²) in [4.78, 5) is 37.8. The summed E-state index contributed by atoms with van der Waals surface area (Å²) in [6.45, 7) is 6.30. The Morgan fingerprint density at radius 2 is 0.549 bits per heavy atom. The van der Waals surface area contributed by atoms with Crippen molar-refractivity contribution in [2.45, 2.75) is 271 Å². The molecule has 0 aromatic rings. The zero-order valence-corrected chi connectivity index (χ0v) is 46.2. The van der Waals surface area contributed by atoms with Gasteiger partial charge in [-0.15, -0.1) is 0 Å². The van der Waals surface area contributed by atoms with Gasteiger partial charge in [-0.05, 0) is 103 Å². The maximum Gasteiger partial charge on any atom is 0.306 e. The second-order valence-corrected chi connectivity index (χ2v) is 19.1. The highest BCUT2D eigenvalue weighted by atomic mass is 16.6. The van der Waals surface area contributed by atoms with Crippen LogP contribution in [0.15, 0.2) is 109 Å². The smallest absolute Gasteiger partial charge is 0.306 e. The van der Waals surface area contributed by atoms with Crippen LogP contribution in [0.25, 0.3) is 0 Å². The Morgan fingerprint density at radius 3 is 0.873 bits per heavy atom. The van der Waals surface area contributed by atoms with Crippen molar-refractivity contribution < 1.29 is 28.6 Å². The first-order valence-corrected chi connectivity index (χ1v) is 29.4. The van der Waals surface area contributed by atoms with E-state index in [2.05, 4.69) is 130 Å². The molecule has 71 heavy (non-hydrogen) atoms. The normalized spacial score (nSPS) is 12.9. The van der Waals surface area contributed by atoms with Crippen molar-refractivity contribution in [3.8, 4) is 0 Å². The van der Waals surface area contributed by atoms with Gasteiger partial charge in [0.1, 0.15) is 13.2 Å². The van der Waals surface area contributed by atoms with E-state index < -0.39 is 6.10 Å². The molecule has 0 aliphatic carbocycles. The van der Waals surface area contributed by atoms with Crippen molar-refractivity contribution in [1.82, 2.24) is 0 Å². The van der Waals surface area contributed by atoms with E-state index in [1.165, 1.54) is 96.3 Å². The van der Waals surface area contributed by atoms with Gasteiger partial charge in [0.25, 0.3) is 0 Å². The first kappa shape index (κ1) is 67.1. The molecule has 0 rings (SSSR count). The molecule has 1 atom stereocenters. The molecule has 404 valence electrons. The highest BCUT2D eigenvalue weighted by Gasteiger charge is 2.19. The van der Waals surface area contributed by atoms with Crippen molar-refractivity contribution in [3.05, 3.63) is 109 Å². The van der Waals surface area contributed by atoms with E-state index in [-0.39, 0.29) is 37.5 Å². The maximum atomic E-state index is 12.8. The monoisotopic (exact) mass is 985 g/mol. The topological polar surface area (TPSA) is 78.9 Å². The minimum Gasteiger partial charge on any atom is -0.462 e. The molecule has 0 aliphatic heterocycles. The number of carbonyl (C=O) groups is 3. The van der Waals surface area contributed by atoms with E-state index in [1.807, 2.05) is 0 Å². The fraction of sp³-hybridized carbons (Fsp3) is 0.677. The lowest BCUT2D eigenvalue weighted by molar-refractivity contribution is -0.167. The summed E-state index contributed by atoms with van der Waals surface area (Å²) in [5.41, 5.74) is 0. The van der Waals surface area contributed by atoms with Gasteiger partial charge in [0.05, 0.1) is 0 Å². The summed E-state index contributed by atoms with van der Waals surface area (Å²) in [6, 6.07) is 0. The minimum atomic E-state index is -0.792. The lowest BCUT2D eigenvalue weighted by Gasteiger charge is -2.18. The SMILES string of the molecule is CC/C=C\C/C=C\C/C=C\C/C=C\C/C=C\CCCCCC(=O)OC(COC(=O)CCCCCCC)COC(=O)CCCCCCCCCCCCCCCCCC/C=C\C/C=C\C/C=C\C/C=C\CC. The van der Waals surface area contributed by atoms with Crippen molar-refractivity contribution in [2.24, 2.45) is 0 Å². The minimum absolute atomic E-state index is 0.0911. The molecule has 0 saturated carbocycles. The lowest BCUT2D eigenvalue weighted by atomic mass is 10.0. The van der Waals surface area contributed by atoms with Crippen LogP contribution >= 0.6 is 0 Å². The lowest BCUT2D eigenvalue weighted by Crippen LogP contribution is -2.30. The van der Waals surface area contributed by atoms with E-state index in [4.69, 9.17) is 14.2 Å². The second kappa shape index (κ2) is 58.6. The van der Waals surface area contributed by atoms with Gasteiger partial charge in [-0.25, -0.2) is 0 Å². The van der Waals surface area contributed by atoms with Gasteiger partial charge in [-0.3, -0.25) is 14.4 Å². The van der Waals surface area contributed by atoms with Crippen LogP contribution in [0.3, 0.4) is 0 Å². The standard InChI is InChI=1S/C65H108O6/c1-4-7-10-13-15-17-19-21-23-25-27-28-29-30-31-32-33-34-35-36-38-39-41-43-45-47-49-52-55-58-64(67)70-61-62(60-69-63(66)57-54-51-12-9-6-3)71-65(68)59-56-53-50-48-46-44-42-40-37-26-24-22-20-18-16-14-11-8-5-2/h7-8,10-11,15-18,21-24,27-28,37,40,44,46,62H,4-6,9,12-14,19-20,25-26,29-36,38-39,41-43,45,47-61H2,1-3H3/b10-7-,11-8-,17-15-,18-16-,23-21-,24-22-,28-27-,40-37-,46-44-. The highest BCUT2D eigenvalue weighted by molar-refractivity contribution is 5.71. The number of hydrogen-bond donors (Lipinski definition) is 0. The van der Waals surface area contributed by atoms with Crippen LogP contribution in [0.2, 0.25) is 0 Å². The van der Waals surface area contributed by atoms with E-state index in [1.54, 1.807) is 0 Å². The summed E-state index contributed by atoms with van der Waals surface area (Å²) in [5, 5.41) is 0.